The number of benzene rings is 9. The van der Waals surface area contributed by atoms with Crippen molar-refractivity contribution in [3.63, 3.8) is 0 Å². The highest BCUT2D eigenvalue weighted by Gasteiger charge is 2.29. The molecule has 5 heteroatoms. The molecule has 1 aliphatic heterocycles. The number of hydrogen-bond donors (Lipinski definition) is 0. The lowest BCUT2D eigenvalue weighted by Crippen LogP contribution is -2.06. The first-order chi connectivity index (χ1) is 30.8. The fourth-order valence-electron chi connectivity index (χ4n) is 9.79. The van der Waals surface area contributed by atoms with Crippen LogP contribution in [0, 0.1) is 0 Å². The second-order valence-electron chi connectivity index (χ2n) is 16.0. The number of hydrogen-bond acceptors (Lipinski definition) is 3. The van der Waals surface area contributed by atoms with Crippen molar-refractivity contribution in [2.75, 3.05) is 0 Å². The van der Waals surface area contributed by atoms with Crippen molar-refractivity contribution in [3.05, 3.63) is 212 Å². The number of fused-ring (bicyclic) bond motifs is 12. The van der Waals surface area contributed by atoms with Crippen LogP contribution >= 0.6 is 0 Å². The van der Waals surface area contributed by atoms with Gasteiger partial charge in [-0.15, -0.1) is 0 Å². The Morgan fingerprint density at radius 3 is 1.48 bits per heavy atom. The van der Waals surface area contributed by atoms with Gasteiger partial charge in [-0.05, 0) is 75.8 Å². The second-order valence-corrected chi connectivity index (χ2v) is 16.0. The van der Waals surface area contributed by atoms with Crippen molar-refractivity contribution in [1.29, 1.82) is 0 Å². The highest BCUT2D eigenvalue weighted by molar-refractivity contribution is 6.28. The van der Waals surface area contributed by atoms with Crippen LogP contribution in [0.1, 0.15) is 0 Å². The summed E-state index contributed by atoms with van der Waals surface area (Å²) in [4.78, 5) is 16.1. The van der Waals surface area contributed by atoms with Gasteiger partial charge in [-0.1, -0.05) is 170 Å². The molecular formula is C57H35N5. The summed E-state index contributed by atoms with van der Waals surface area (Å²) in [5.41, 5.74) is 16.7. The topological polar surface area (TPSA) is 48.5 Å². The van der Waals surface area contributed by atoms with Gasteiger partial charge in [-0.25, -0.2) is 4.98 Å². The SMILES string of the molecule is c1ccc(-c2cc(-c3ccccc3)cc(-c3nc(-c4ccccc4)nc(-n4c5ccccc5c5c6c7c(cc54)c4ccccc4n7-c4ccccc4-c4ccccc4-6)n3)c2)cc1. The van der Waals surface area contributed by atoms with Gasteiger partial charge in [0.05, 0.1) is 27.8 Å². The van der Waals surface area contributed by atoms with Crippen LogP contribution in [0.25, 0.3) is 123 Å². The summed E-state index contributed by atoms with van der Waals surface area (Å²) < 4.78 is 4.75. The van der Waals surface area contributed by atoms with E-state index in [2.05, 4.69) is 203 Å². The summed E-state index contributed by atoms with van der Waals surface area (Å²) in [6, 6.07) is 75.6. The average molecular weight is 790 g/mol. The molecular weight excluding hydrogens is 755 g/mol. The maximum atomic E-state index is 5.49. The van der Waals surface area contributed by atoms with Gasteiger partial charge in [0.1, 0.15) is 0 Å². The van der Waals surface area contributed by atoms with Crippen LogP contribution in [0.4, 0.5) is 0 Å². The Labute approximate surface area is 357 Å². The normalized spacial score (nSPS) is 11.9. The van der Waals surface area contributed by atoms with E-state index in [0.29, 0.717) is 17.6 Å². The Hall–Kier alpha value is -8.41. The number of nitrogens with zero attached hydrogens (tertiary/aromatic N) is 5. The minimum absolute atomic E-state index is 0.562. The van der Waals surface area contributed by atoms with Crippen LogP contribution in [-0.2, 0) is 0 Å². The molecule has 4 heterocycles. The summed E-state index contributed by atoms with van der Waals surface area (Å²) in [6.45, 7) is 0. The zero-order chi connectivity index (χ0) is 40.7. The van der Waals surface area contributed by atoms with Crippen LogP contribution < -0.4 is 0 Å². The van der Waals surface area contributed by atoms with Crippen LogP contribution in [0.2, 0.25) is 0 Å². The molecule has 0 bridgehead atoms. The van der Waals surface area contributed by atoms with Crippen LogP contribution in [0.3, 0.4) is 0 Å². The maximum Gasteiger partial charge on any atom is 0.238 e. The molecule has 1 aliphatic rings. The van der Waals surface area contributed by atoms with Crippen molar-refractivity contribution < 1.29 is 0 Å². The fourth-order valence-corrected chi connectivity index (χ4v) is 9.79. The third-order valence-corrected chi connectivity index (χ3v) is 12.5. The molecule has 0 N–H and O–H groups in total. The first-order valence-electron chi connectivity index (χ1n) is 21.0. The van der Waals surface area contributed by atoms with Crippen molar-refractivity contribution in [2.24, 2.45) is 0 Å². The number of aromatic nitrogens is 5. The molecule has 5 nitrogen and oxygen atoms in total. The molecule has 0 spiro atoms. The average Bonchev–Trinajstić information content (AvgIpc) is 3.82. The second kappa shape index (κ2) is 13.6. The molecule has 0 amide bonds. The van der Waals surface area contributed by atoms with Gasteiger partial charge in [0.15, 0.2) is 11.6 Å². The third kappa shape index (κ3) is 5.18. The summed E-state index contributed by atoms with van der Waals surface area (Å²) in [5, 5.41) is 4.68. The first-order valence-corrected chi connectivity index (χ1v) is 21.0. The van der Waals surface area contributed by atoms with E-state index in [9.17, 15) is 0 Å². The minimum atomic E-state index is 0.562. The zero-order valence-corrected chi connectivity index (χ0v) is 33.4. The quantitative estimate of drug-likeness (QED) is 0.174. The van der Waals surface area contributed by atoms with Crippen molar-refractivity contribution in [3.8, 4) is 78.9 Å². The molecule has 0 saturated heterocycles. The van der Waals surface area contributed by atoms with E-state index in [1.54, 1.807) is 0 Å². The van der Waals surface area contributed by atoms with Gasteiger partial charge in [0.2, 0.25) is 5.95 Å². The lowest BCUT2D eigenvalue weighted by Gasteiger charge is -2.14. The fraction of sp³-hybridized carbons (Fsp3) is 0. The van der Waals surface area contributed by atoms with E-state index < -0.39 is 0 Å². The van der Waals surface area contributed by atoms with Crippen LogP contribution in [0.15, 0.2) is 212 Å². The van der Waals surface area contributed by atoms with Crippen LogP contribution in [-0.4, -0.2) is 24.1 Å². The number of rotatable bonds is 5. The predicted octanol–water partition coefficient (Wildman–Crippen LogP) is 14.4. The molecule has 0 radical (unpaired) electrons. The van der Waals surface area contributed by atoms with Gasteiger partial charge < -0.3 is 4.57 Å². The van der Waals surface area contributed by atoms with Gasteiger partial charge >= 0.3 is 0 Å². The van der Waals surface area contributed by atoms with Crippen LogP contribution in [0.5, 0.6) is 0 Å². The molecule has 0 fully saturated rings. The Morgan fingerprint density at radius 1 is 0.306 bits per heavy atom. The summed E-state index contributed by atoms with van der Waals surface area (Å²) in [5.74, 6) is 1.78. The first kappa shape index (κ1) is 34.5. The van der Waals surface area contributed by atoms with Gasteiger partial charge in [0.25, 0.3) is 0 Å². The van der Waals surface area contributed by atoms with E-state index in [1.807, 2.05) is 18.2 Å². The van der Waals surface area contributed by atoms with Gasteiger partial charge in [-0.2, -0.15) is 9.97 Å². The standard InChI is InChI=1S/C57H35N5/c1-4-18-36(19-5-1)39-32-40(37-20-6-2-7-21-37)34-41(33-39)56-58-55(38-22-8-3-9-23-38)59-57(60-56)62-50-31-17-14-28-46(50)52-51(62)35-47-44-26-13-16-30-49(44)61-48-29-15-12-25-43(48)42-24-10-11-27-45(42)53(52)54(47)61/h1-35H. The lowest BCUT2D eigenvalue weighted by molar-refractivity contribution is 0.954. The largest absolute Gasteiger partial charge is 0.308 e. The molecule has 0 atom stereocenters. The number of para-hydroxylation sites is 3. The molecule has 13 rings (SSSR count). The Balaban J connectivity index is 1.16. The van der Waals surface area contributed by atoms with E-state index in [0.717, 1.165) is 55.2 Å². The molecule has 0 unspecified atom stereocenters. The molecule has 288 valence electrons. The van der Waals surface area contributed by atoms with Crippen molar-refractivity contribution >= 4 is 43.6 Å². The van der Waals surface area contributed by atoms with Crippen molar-refractivity contribution in [2.45, 2.75) is 0 Å². The zero-order valence-electron chi connectivity index (χ0n) is 33.4. The molecule has 0 aliphatic carbocycles. The maximum absolute atomic E-state index is 5.49. The monoisotopic (exact) mass is 789 g/mol. The molecule has 0 saturated carbocycles. The van der Waals surface area contributed by atoms with E-state index in [-0.39, 0.29) is 0 Å². The molecule has 9 aromatic carbocycles. The van der Waals surface area contributed by atoms with E-state index in [1.165, 1.54) is 49.7 Å². The lowest BCUT2D eigenvalue weighted by atomic mass is 9.91. The molecule has 12 aromatic rings. The van der Waals surface area contributed by atoms with E-state index >= 15 is 0 Å². The highest BCUT2D eigenvalue weighted by Crippen LogP contribution is 2.51. The van der Waals surface area contributed by atoms with E-state index in [4.69, 9.17) is 15.0 Å². The summed E-state index contributed by atoms with van der Waals surface area (Å²) in [7, 11) is 0. The Morgan fingerprint density at radius 2 is 0.806 bits per heavy atom. The predicted molar refractivity (Wildman–Crippen MR) is 255 cm³/mol. The summed E-state index contributed by atoms with van der Waals surface area (Å²) >= 11 is 0. The molecule has 62 heavy (non-hydrogen) atoms. The highest BCUT2D eigenvalue weighted by atomic mass is 15.2. The Bertz CT molecular complexity index is 3680. The van der Waals surface area contributed by atoms with Gasteiger partial charge in [0, 0.05) is 43.8 Å². The van der Waals surface area contributed by atoms with Gasteiger partial charge in [-0.3, -0.25) is 4.57 Å². The van der Waals surface area contributed by atoms with Crippen molar-refractivity contribution in [1.82, 2.24) is 24.1 Å². The molecule has 3 aromatic heterocycles. The minimum Gasteiger partial charge on any atom is -0.308 e. The summed E-state index contributed by atoms with van der Waals surface area (Å²) in [6.07, 6.45) is 0. The third-order valence-electron chi connectivity index (χ3n) is 12.5. The smallest absolute Gasteiger partial charge is 0.238 e. The Kier molecular flexibility index (Phi) is 7.54.